The second kappa shape index (κ2) is 7.77. The number of aliphatic imine (C=N–C) groups is 1. The summed E-state index contributed by atoms with van der Waals surface area (Å²) in [6.45, 7) is 8.61. The second-order valence-electron chi connectivity index (χ2n) is 5.88. The molecule has 0 saturated heterocycles. The predicted octanol–water partition coefficient (Wildman–Crippen LogP) is 1.70. The van der Waals surface area contributed by atoms with E-state index in [0.717, 1.165) is 5.56 Å². The third-order valence-corrected chi connectivity index (χ3v) is 3.37. The molecule has 1 amide bonds. The lowest BCUT2D eigenvalue weighted by molar-refractivity contribution is -0.125. The Bertz CT molecular complexity index is 555. The molecular formula is C16H25FN4O. The Morgan fingerprint density at radius 3 is 2.59 bits per heavy atom. The largest absolute Gasteiger partial charge is 0.369 e. The first-order chi connectivity index (χ1) is 10.3. The fourth-order valence-electron chi connectivity index (χ4n) is 1.64. The Morgan fingerprint density at radius 1 is 1.36 bits per heavy atom. The van der Waals surface area contributed by atoms with Crippen LogP contribution in [0.2, 0.25) is 0 Å². The van der Waals surface area contributed by atoms with Crippen molar-refractivity contribution in [2.24, 2.45) is 16.1 Å². The highest BCUT2D eigenvalue weighted by molar-refractivity contribution is 5.83. The number of aryl methyl sites for hydroxylation is 1. The van der Waals surface area contributed by atoms with Gasteiger partial charge in [-0.25, -0.2) is 9.38 Å². The molecule has 0 heterocycles. The van der Waals surface area contributed by atoms with Crippen LogP contribution in [0.1, 0.15) is 31.9 Å². The molecule has 0 radical (unpaired) electrons. The molecule has 0 spiro atoms. The van der Waals surface area contributed by atoms with Crippen LogP contribution in [0.15, 0.2) is 23.2 Å². The van der Waals surface area contributed by atoms with Gasteiger partial charge in [-0.3, -0.25) is 4.79 Å². The van der Waals surface area contributed by atoms with Crippen molar-refractivity contribution < 1.29 is 9.18 Å². The number of halogens is 1. The Morgan fingerprint density at radius 2 is 2.05 bits per heavy atom. The van der Waals surface area contributed by atoms with Crippen LogP contribution < -0.4 is 16.4 Å². The van der Waals surface area contributed by atoms with E-state index in [1.807, 2.05) is 13.0 Å². The lowest BCUT2D eigenvalue weighted by Crippen LogP contribution is -2.46. The van der Waals surface area contributed by atoms with Crippen molar-refractivity contribution >= 4 is 11.9 Å². The molecule has 0 bridgehead atoms. The quantitative estimate of drug-likeness (QED) is 0.553. The average molecular weight is 308 g/mol. The molecule has 0 unspecified atom stereocenters. The maximum atomic E-state index is 13.5. The number of rotatable bonds is 6. The topological polar surface area (TPSA) is 79.5 Å². The smallest absolute Gasteiger partial charge is 0.224 e. The molecule has 0 fully saturated rings. The molecule has 22 heavy (non-hydrogen) atoms. The van der Waals surface area contributed by atoms with Gasteiger partial charge in [0.05, 0.1) is 12.0 Å². The van der Waals surface area contributed by atoms with Crippen molar-refractivity contribution in [1.29, 1.82) is 0 Å². The zero-order valence-electron chi connectivity index (χ0n) is 13.7. The third-order valence-electron chi connectivity index (χ3n) is 3.37. The Balaban J connectivity index is 2.73. The molecule has 6 heteroatoms. The molecule has 0 saturated carbocycles. The first-order valence-corrected chi connectivity index (χ1v) is 7.33. The molecule has 5 nitrogen and oxygen atoms in total. The molecule has 0 aliphatic rings. The fraction of sp³-hybridized carbons (Fsp3) is 0.500. The number of nitrogens with one attached hydrogen (secondary N) is 2. The van der Waals surface area contributed by atoms with E-state index in [-0.39, 0.29) is 11.7 Å². The van der Waals surface area contributed by atoms with Gasteiger partial charge in [-0.1, -0.05) is 12.1 Å². The van der Waals surface area contributed by atoms with E-state index in [0.29, 0.717) is 31.2 Å². The number of nitrogens with zero attached hydrogens (tertiary/aromatic N) is 1. The van der Waals surface area contributed by atoms with E-state index in [1.165, 1.54) is 6.07 Å². The van der Waals surface area contributed by atoms with Gasteiger partial charge in [-0.05, 0) is 44.9 Å². The number of hydrogen-bond acceptors (Lipinski definition) is 2. The van der Waals surface area contributed by atoms with Gasteiger partial charge in [-0.15, -0.1) is 0 Å². The number of carbonyl (C=O) groups is 1. The van der Waals surface area contributed by atoms with Crippen LogP contribution in [0, 0.1) is 18.2 Å². The molecule has 0 aliphatic carbocycles. The summed E-state index contributed by atoms with van der Waals surface area (Å²) in [5, 5.41) is 6.17. The van der Waals surface area contributed by atoms with E-state index in [1.54, 1.807) is 26.8 Å². The lowest BCUT2D eigenvalue weighted by atomic mass is 9.93. The highest BCUT2D eigenvalue weighted by Crippen LogP contribution is 2.12. The van der Waals surface area contributed by atoms with Crippen molar-refractivity contribution in [3.63, 3.8) is 0 Å². The average Bonchev–Trinajstić information content (AvgIpc) is 2.45. The van der Waals surface area contributed by atoms with E-state index < -0.39 is 5.41 Å². The van der Waals surface area contributed by atoms with Crippen LogP contribution in [0.25, 0.3) is 0 Å². The van der Waals surface area contributed by atoms with Gasteiger partial charge in [-0.2, -0.15) is 0 Å². The first-order valence-electron chi connectivity index (χ1n) is 7.33. The molecular weight excluding hydrogens is 283 g/mol. The number of primary amides is 1. The monoisotopic (exact) mass is 308 g/mol. The van der Waals surface area contributed by atoms with Gasteiger partial charge >= 0.3 is 0 Å². The number of nitrogens with two attached hydrogens (primary N) is 1. The number of guanidine groups is 1. The van der Waals surface area contributed by atoms with Gasteiger partial charge in [0.2, 0.25) is 5.91 Å². The Kier molecular flexibility index (Phi) is 6.34. The molecule has 0 atom stereocenters. The number of benzene rings is 1. The Labute approximate surface area is 131 Å². The lowest BCUT2D eigenvalue weighted by Gasteiger charge is -2.22. The van der Waals surface area contributed by atoms with E-state index in [9.17, 15) is 9.18 Å². The summed E-state index contributed by atoms with van der Waals surface area (Å²) in [6, 6.07) is 5.06. The van der Waals surface area contributed by atoms with Crippen molar-refractivity contribution in [1.82, 2.24) is 10.6 Å². The SMILES string of the molecule is CCNC(=NCc1ccc(C)c(F)c1)NCC(C)(C)C(N)=O. The van der Waals surface area contributed by atoms with Gasteiger partial charge in [0.25, 0.3) is 0 Å². The maximum absolute atomic E-state index is 13.5. The predicted molar refractivity (Wildman–Crippen MR) is 86.9 cm³/mol. The normalized spacial score (nSPS) is 12.1. The number of amides is 1. The van der Waals surface area contributed by atoms with Gasteiger partial charge in [0, 0.05) is 13.1 Å². The van der Waals surface area contributed by atoms with Gasteiger partial charge in [0.1, 0.15) is 5.82 Å². The minimum Gasteiger partial charge on any atom is -0.369 e. The highest BCUT2D eigenvalue weighted by Gasteiger charge is 2.24. The van der Waals surface area contributed by atoms with Crippen LogP contribution in [0.5, 0.6) is 0 Å². The summed E-state index contributed by atoms with van der Waals surface area (Å²) < 4.78 is 13.5. The number of hydrogen-bond donors (Lipinski definition) is 3. The molecule has 0 aromatic heterocycles. The third kappa shape index (κ3) is 5.35. The van der Waals surface area contributed by atoms with E-state index in [4.69, 9.17) is 5.73 Å². The van der Waals surface area contributed by atoms with Gasteiger partial charge < -0.3 is 16.4 Å². The molecule has 1 aromatic rings. The fourth-order valence-corrected chi connectivity index (χ4v) is 1.64. The Hall–Kier alpha value is -2.11. The van der Waals surface area contributed by atoms with Crippen molar-refractivity contribution in [3.8, 4) is 0 Å². The zero-order valence-corrected chi connectivity index (χ0v) is 13.7. The highest BCUT2D eigenvalue weighted by atomic mass is 19.1. The molecule has 122 valence electrons. The summed E-state index contributed by atoms with van der Waals surface area (Å²) in [5.41, 5.74) is 6.07. The second-order valence-corrected chi connectivity index (χ2v) is 5.88. The van der Waals surface area contributed by atoms with E-state index >= 15 is 0 Å². The van der Waals surface area contributed by atoms with Crippen molar-refractivity contribution in [2.75, 3.05) is 13.1 Å². The van der Waals surface area contributed by atoms with Crippen LogP contribution in [0.3, 0.4) is 0 Å². The molecule has 1 aromatic carbocycles. The van der Waals surface area contributed by atoms with Crippen molar-refractivity contribution in [2.45, 2.75) is 34.2 Å². The van der Waals surface area contributed by atoms with Crippen LogP contribution in [-0.2, 0) is 11.3 Å². The zero-order chi connectivity index (χ0) is 16.8. The first kappa shape index (κ1) is 17.9. The standard InChI is InChI=1S/C16H25FN4O/c1-5-19-15(21-10-16(3,4)14(18)22)20-9-12-7-6-11(2)13(17)8-12/h6-8H,5,9-10H2,1-4H3,(H2,18,22)(H2,19,20,21). The summed E-state index contributed by atoms with van der Waals surface area (Å²) in [4.78, 5) is 15.7. The summed E-state index contributed by atoms with van der Waals surface area (Å²) in [5.74, 6) is -0.0465. The van der Waals surface area contributed by atoms with Crippen LogP contribution in [0.4, 0.5) is 4.39 Å². The summed E-state index contributed by atoms with van der Waals surface area (Å²) in [7, 11) is 0. The van der Waals surface area contributed by atoms with E-state index in [2.05, 4.69) is 15.6 Å². The summed E-state index contributed by atoms with van der Waals surface area (Å²) in [6.07, 6.45) is 0. The minimum absolute atomic E-state index is 0.236. The van der Waals surface area contributed by atoms with Crippen molar-refractivity contribution in [3.05, 3.63) is 35.1 Å². The van der Waals surface area contributed by atoms with Crippen LogP contribution in [-0.4, -0.2) is 25.0 Å². The van der Waals surface area contributed by atoms with Crippen LogP contribution >= 0.6 is 0 Å². The number of carbonyl (C=O) groups excluding carboxylic acids is 1. The van der Waals surface area contributed by atoms with Gasteiger partial charge in [0.15, 0.2) is 5.96 Å². The molecule has 0 aliphatic heterocycles. The molecule has 4 N–H and O–H groups in total. The minimum atomic E-state index is -0.674. The maximum Gasteiger partial charge on any atom is 0.224 e. The molecule has 1 rings (SSSR count). The summed E-state index contributed by atoms with van der Waals surface area (Å²) >= 11 is 0.